The van der Waals surface area contributed by atoms with E-state index in [9.17, 15) is 27.9 Å². The number of amides is 1. The molecule has 0 aliphatic carbocycles. The molecule has 0 aliphatic rings. The number of halogens is 3. The zero-order valence-electron chi connectivity index (χ0n) is 22.3. The number of aromatic nitrogens is 5. The van der Waals surface area contributed by atoms with Crippen molar-refractivity contribution in [1.82, 2.24) is 24.5 Å². The van der Waals surface area contributed by atoms with Crippen molar-refractivity contribution in [3.05, 3.63) is 106 Å². The van der Waals surface area contributed by atoms with Crippen molar-refractivity contribution >= 4 is 33.5 Å². The maximum Gasteiger partial charge on any atom is 0.416 e. The van der Waals surface area contributed by atoms with Crippen molar-refractivity contribution in [3.8, 4) is 16.9 Å². The molecule has 9 nitrogen and oxygen atoms in total. The number of nitrogens with zero attached hydrogens (tertiary/aromatic N) is 4. The fraction of sp³-hybridized carbons (Fsp3) is 0.133. The van der Waals surface area contributed by atoms with Crippen LogP contribution in [0.25, 0.3) is 38.9 Å². The molecule has 3 heterocycles. The molecule has 1 amide bonds. The highest BCUT2D eigenvalue weighted by atomic mass is 19.4. The summed E-state index contributed by atoms with van der Waals surface area (Å²) < 4.78 is 43.2. The lowest BCUT2D eigenvalue weighted by atomic mass is 10.0. The van der Waals surface area contributed by atoms with Gasteiger partial charge >= 0.3 is 6.18 Å². The third-order valence-corrected chi connectivity index (χ3v) is 7.00. The summed E-state index contributed by atoms with van der Waals surface area (Å²) in [7, 11) is 1.65. The first-order chi connectivity index (χ1) is 20.0. The zero-order valence-corrected chi connectivity index (χ0v) is 22.3. The van der Waals surface area contributed by atoms with Crippen LogP contribution in [-0.4, -0.2) is 35.6 Å². The Morgan fingerprint density at radius 2 is 1.79 bits per heavy atom. The van der Waals surface area contributed by atoms with Crippen molar-refractivity contribution in [3.63, 3.8) is 0 Å². The molecule has 0 spiro atoms. The topological polar surface area (TPSA) is 118 Å². The lowest BCUT2D eigenvalue weighted by Crippen LogP contribution is -2.16. The third kappa shape index (κ3) is 4.71. The van der Waals surface area contributed by atoms with Gasteiger partial charge in [0.1, 0.15) is 0 Å². The molecule has 1 unspecified atom stereocenters. The summed E-state index contributed by atoms with van der Waals surface area (Å²) in [6, 6.07) is 17.8. The number of aromatic amines is 1. The number of fused-ring (bicyclic) bond motifs is 3. The van der Waals surface area contributed by atoms with Gasteiger partial charge in [-0.2, -0.15) is 18.3 Å². The van der Waals surface area contributed by atoms with Gasteiger partial charge in [0.15, 0.2) is 5.65 Å². The average molecular weight is 573 g/mol. The summed E-state index contributed by atoms with van der Waals surface area (Å²) >= 11 is 0. The number of pyridine rings is 1. The Labute approximate surface area is 235 Å². The minimum absolute atomic E-state index is 0.0858. The number of alkyl halides is 3. The maximum absolute atomic E-state index is 13.7. The number of H-pyrrole nitrogens is 1. The number of hydrogen-bond acceptors (Lipinski definition) is 5. The Morgan fingerprint density at radius 1 is 1.05 bits per heavy atom. The van der Waals surface area contributed by atoms with Gasteiger partial charge in [-0.05, 0) is 61.0 Å². The van der Waals surface area contributed by atoms with E-state index in [2.05, 4.69) is 20.5 Å². The molecule has 1 atom stereocenters. The molecule has 42 heavy (non-hydrogen) atoms. The standard InChI is InChI=1S/C30H23F3N6O3/c1-16(40)18-5-4-8-21(14-18)35-28(41)17-9-11-22(12-10-17)39-29(42)24-25(19-6-3-7-20(13-19)30(31,32)33)36-27-23(26(24)37-39)15-34-38(27)2/h3-16,37,40H,1-2H3,(H,35,41). The highest BCUT2D eigenvalue weighted by Crippen LogP contribution is 2.35. The van der Waals surface area contributed by atoms with Gasteiger partial charge in [0.25, 0.3) is 11.5 Å². The number of anilines is 1. The third-order valence-electron chi connectivity index (χ3n) is 7.00. The first-order valence-corrected chi connectivity index (χ1v) is 12.8. The number of aryl methyl sites for hydroxylation is 1. The predicted octanol–water partition coefficient (Wildman–Crippen LogP) is 5.59. The van der Waals surface area contributed by atoms with Gasteiger partial charge in [0.2, 0.25) is 0 Å². The Hall–Kier alpha value is -5.23. The maximum atomic E-state index is 13.7. The van der Waals surface area contributed by atoms with Crippen LogP contribution in [0.2, 0.25) is 0 Å². The molecule has 0 bridgehead atoms. The quantitative estimate of drug-likeness (QED) is 0.249. The smallest absolute Gasteiger partial charge is 0.389 e. The number of carbonyl (C=O) groups is 1. The van der Waals surface area contributed by atoms with Crippen LogP contribution in [0, 0.1) is 0 Å². The summed E-state index contributed by atoms with van der Waals surface area (Å²) in [5, 5.41) is 20.5. The second kappa shape index (κ2) is 10.00. The lowest BCUT2D eigenvalue weighted by Gasteiger charge is -2.09. The van der Waals surface area contributed by atoms with Crippen molar-refractivity contribution in [2.45, 2.75) is 19.2 Å². The minimum atomic E-state index is -4.57. The van der Waals surface area contributed by atoms with Crippen LogP contribution < -0.4 is 10.9 Å². The van der Waals surface area contributed by atoms with Gasteiger partial charge in [0, 0.05) is 23.9 Å². The van der Waals surface area contributed by atoms with Crippen molar-refractivity contribution < 1.29 is 23.1 Å². The van der Waals surface area contributed by atoms with Crippen LogP contribution in [0.1, 0.15) is 34.5 Å². The Kier molecular flexibility index (Phi) is 6.42. The van der Waals surface area contributed by atoms with Crippen LogP contribution in [0.5, 0.6) is 0 Å². The zero-order chi connectivity index (χ0) is 29.8. The van der Waals surface area contributed by atoms with E-state index in [4.69, 9.17) is 0 Å². The summed E-state index contributed by atoms with van der Waals surface area (Å²) in [6.45, 7) is 1.63. The van der Waals surface area contributed by atoms with Crippen LogP contribution in [-0.2, 0) is 13.2 Å². The highest BCUT2D eigenvalue weighted by molar-refractivity contribution is 6.08. The normalized spacial score (nSPS) is 12.6. The van der Waals surface area contributed by atoms with E-state index < -0.39 is 23.4 Å². The molecule has 6 rings (SSSR count). The molecule has 0 fully saturated rings. The SMILES string of the molecule is CC(O)c1cccc(NC(=O)c2ccc(-n3[nH]c4c(c(-c5cccc(C(F)(F)F)c5)nc5c4cnn5C)c3=O)cc2)c1. The Bertz CT molecular complexity index is 2040. The molecule has 6 aromatic rings. The fourth-order valence-electron chi connectivity index (χ4n) is 4.83. The summed E-state index contributed by atoms with van der Waals surface area (Å²) in [6.07, 6.45) is -3.73. The summed E-state index contributed by atoms with van der Waals surface area (Å²) in [5.74, 6) is -0.388. The monoisotopic (exact) mass is 572 g/mol. The van der Waals surface area contributed by atoms with Crippen molar-refractivity contribution in [2.75, 3.05) is 5.32 Å². The van der Waals surface area contributed by atoms with Gasteiger partial charge in [-0.1, -0.05) is 24.3 Å². The highest BCUT2D eigenvalue weighted by Gasteiger charge is 2.31. The van der Waals surface area contributed by atoms with E-state index in [-0.39, 0.29) is 22.6 Å². The number of benzene rings is 3. The second-order valence-electron chi connectivity index (χ2n) is 9.85. The van der Waals surface area contributed by atoms with E-state index in [1.54, 1.807) is 62.5 Å². The molecule has 0 saturated carbocycles. The van der Waals surface area contributed by atoms with E-state index in [1.165, 1.54) is 27.7 Å². The second-order valence-corrected chi connectivity index (χ2v) is 9.85. The van der Waals surface area contributed by atoms with Gasteiger partial charge in [-0.3, -0.25) is 19.4 Å². The van der Waals surface area contributed by atoms with Crippen LogP contribution in [0.3, 0.4) is 0 Å². The number of nitrogens with one attached hydrogen (secondary N) is 2. The Morgan fingerprint density at radius 3 is 2.50 bits per heavy atom. The number of aliphatic hydroxyl groups is 1. The summed E-state index contributed by atoms with van der Waals surface area (Å²) in [5.41, 5.74) is 1.48. The first-order valence-electron chi connectivity index (χ1n) is 12.8. The largest absolute Gasteiger partial charge is 0.416 e. The molecule has 3 aromatic carbocycles. The van der Waals surface area contributed by atoms with Crippen molar-refractivity contribution in [1.29, 1.82) is 0 Å². The number of carbonyl (C=O) groups excluding carboxylic acids is 1. The van der Waals surface area contributed by atoms with Gasteiger partial charge in [-0.25, -0.2) is 9.67 Å². The molecule has 3 aromatic heterocycles. The molecular formula is C30H23F3N6O3. The van der Waals surface area contributed by atoms with Crippen LogP contribution in [0.15, 0.2) is 83.8 Å². The number of hydrogen-bond donors (Lipinski definition) is 3. The minimum Gasteiger partial charge on any atom is -0.389 e. The van der Waals surface area contributed by atoms with Crippen LogP contribution >= 0.6 is 0 Å². The predicted molar refractivity (Wildman–Crippen MR) is 151 cm³/mol. The molecule has 3 N–H and O–H groups in total. The molecule has 212 valence electrons. The van der Waals surface area contributed by atoms with Gasteiger partial charge < -0.3 is 10.4 Å². The van der Waals surface area contributed by atoms with Crippen molar-refractivity contribution in [2.24, 2.45) is 7.05 Å². The van der Waals surface area contributed by atoms with Gasteiger partial charge in [-0.15, -0.1) is 0 Å². The lowest BCUT2D eigenvalue weighted by molar-refractivity contribution is -0.137. The average Bonchev–Trinajstić information content (AvgIpc) is 3.52. The van der Waals surface area contributed by atoms with Crippen LogP contribution in [0.4, 0.5) is 18.9 Å². The van der Waals surface area contributed by atoms with E-state index in [0.29, 0.717) is 39.1 Å². The van der Waals surface area contributed by atoms with E-state index in [0.717, 1.165) is 12.1 Å². The fourth-order valence-corrected chi connectivity index (χ4v) is 4.83. The first kappa shape index (κ1) is 27.0. The van der Waals surface area contributed by atoms with E-state index >= 15 is 0 Å². The molecule has 12 heteroatoms. The molecule has 0 saturated heterocycles. The van der Waals surface area contributed by atoms with Gasteiger partial charge in [0.05, 0.1) is 45.5 Å². The number of rotatable bonds is 5. The molecular weight excluding hydrogens is 549 g/mol. The van der Waals surface area contributed by atoms with E-state index in [1.807, 2.05) is 0 Å². The Balaban J connectivity index is 1.41. The molecule has 0 aliphatic heterocycles. The summed E-state index contributed by atoms with van der Waals surface area (Å²) in [4.78, 5) is 31.1. The number of aliphatic hydroxyl groups excluding tert-OH is 1. The molecule has 0 radical (unpaired) electrons.